The number of hydrogen-bond acceptors (Lipinski definition) is 6. The molecule has 0 heterocycles. The highest BCUT2D eigenvalue weighted by Crippen LogP contribution is 2.38. The molecule has 4 N–H and O–H groups in total. The fourth-order valence-corrected chi connectivity index (χ4v) is 8.75. The number of carboxylic acid groups (broad SMARTS) is 2. The first-order chi connectivity index (χ1) is 30.6. The summed E-state index contributed by atoms with van der Waals surface area (Å²) in [6.07, 6.45) is -6.55. The Hall–Kier alpha value is -6.66. The standard InChI is InChI=1S/C24H25NO4S.C23H17F6NO4S/c1-2-5-18-11-16-22(17-12-18)30(28,29)25-23-7-4-3-6-20(23)13-8-19-9-14-21(15-10-19)24(26)27;24-22(25,26)17-11-18(23(27,28)29)13-19(12-17)35(33,34)30-20-4-2-1-3-15(20)8-5-14-6-9-16(10-7-14)21(31)32/h3-4,6-7,9-12,14-17,25H,2,5,8,13H2,1H3,(H,26,27);1-4,6-7,9-13,30H,5,8H2,(H,31,32). The van der Waals surface area contributed by atoms with E-state index in [2.05, 4.69) is 16.4 Å². The molecule has 0 amide bonds. The number of nitrogens with one attached hydrogen (secondary N) is 2. The van der Waals surface area contributed by atoms with Crippen molar-refractivity contribution in [1.82, 2.24) is 0 Å². The van der Waals surface area contributed by atoms with Gasteiger partial charge in [-0.2, -0.15) is 26.3 Å². The molecular formula is C47H42F6N2O8S2. The fraction of sp³-hybridized carbons (Fsp3) is 0.191. The number of sulfonamides is 2. The summed E-state index contributed by atoms with van der Waals surface area (Å²) in [5, 5.41) is 18.0. The van der Waals surface area contributed by atoms with Gasteiger partial charge in [0.15, 0.2) is 0 Å². The minimum Gasteiger partial charge on any atom is -0.478 e. The Bertz CT molecular complexity index is 2800. The molecule has 0 unspecified atom stereocenters. The SMILES string of the molecule is CCCc1ccc(S(=O)(=O)Nc2ccccc2CCc2ccc(C(=O)O)cc2)cc1.O=C(O)c1ccc(CCc2ccccc2NS(=O)(=O)c2cc(C(F)(F)F)cc(C(F)(F)F)c2)cc1. The first-order valence-electron chi connectivity index (χ1n) is 19.8. The Morgan fingerprint density at radius 3 is 1.20 bits per heavy atom. The van der Waals surface area contributed by atoms with Crippen LogP contribution in [0, 0.1) is 0 Å². The lowest BCUT2D eigenvalue weighted by Gasteiger charge is -2.16. The van der Waals surface area contributed by atoms with Crippen LogP contribution >= 0.6 is 0 Å². The van der Waals surface area contributed by atoms with Crippen molar-refractivity contribution >= 4 is 43.4 Å². The zero-order valence-electron chi connectivity index (χ0n) is 34.4. The number of carboxylic acids is 2. The van der Waals surface area contributed by atoms with E-state index in [4.69, 9.17) is 10.2 Å². The van der Waals surface area contributed by atoms with Gasteiger partial charge in [-0.05, 0) is 127 Å². The predicted molar refractivity (Wildman–Crippen MR) is 233 cm³/mol. The summed E-state index contributed by atoms with van der Waals surface area (Å²) in [5.74, 6) is -2.05. The monoisotopic (exact) mass is 940 g/mol. The van der Waals surface area contributed by atoms with Gasteiger partial charge in [0.05, 0.1) is 43.4 Å². The molecule has 6 aromatic rings. The minimum absolute atomic E-state index is 0.0133. The van der Waals surface area contributed by atoms with Gasteiger partial charge in [-0.25, -0.2) is 26.4 Å². The summed E-state index contributed by atoms with van der Waals surface area (Å²) in [6, 6.07) is 33.1. The maximum Gasteiger partial charge on any atom is 0.416 e. The Morgan fingerprint density at radius 2 is 0.831 bits per heavy atom. The molecule has 0 saturated carbocycles. The number of benzene rings is 6. The maximum absolute atomic E-state index is 13.1. The van der Waals surface area contributed by atoms with Gasteiger partial charge in [0.2, 0.25) is 0 Å². The lowest BCUT2D eigenvalue weighted by atomic mass is 10.0. The van der Waals surface area contributed by atoms with Crippen LogP contribution in [0.5, 0.6) is 0 Å². The van der Waals surface area contributed by atoms with E-state index in [-0.39, 0.29) is 46.3 Å². The highest BCUT2D eigenvalue weighted by molar-refractivity contribution is 7.93. The van der Waals surface area contributed by atoms with E-state index in [0.717, 1.165) is 35.1 Å². The molecule has 10 nitrogen and oxygen atoms in total. The van der Waals surface area contributed by atoms with E-state index < -0.39 is 60.4 Å². The van der Waals surface area contributed by atoms with E-state index in [9.17, 15) is 52.8 Å². The first kappa shape index (κ1) is 49.4. The van der Waals surface area contributed by atoms with Crippen molar-refractivity contribution in [2.75, 3.05) is 9.44 Å². The number of aromatic carboxylic acids is 2. The quantitative estimate of drug-likeness (QED) is 0.0696. The largest absolute Gasteiger partial charge is 0.478 e. The number of alkyl halides is 6. The molecule has 18 heteroatoms. The Balaban J connectivity index is 0.000000247. The highest BCUT2D eigenvalue weighted by Gasteiger charge is 2.38. The molecule has 0 aliphatic heterocycles. The molecule has 0 radical (unpaired) electrons. The van der Waals surface area contributed by atoms with Gasteiger partial charge in [-0.3, -0.25) is 9.44 Å². The van der Waals surface area contributed by atoms with Gasteiger partial charge >= 0.3 is 24.3 Å². The number of anilines is 2. The van der Waals surface area contributed by atoms with Crippen molar-refractivity contribution in [3.05, 3.63) is 190 Å². The average molecular weight is 941 g/mol. The van der Waals surface area contributed by atoms with Crippen LogP contribution in [0.4, 0.5) is 37.7 Å². The van der Waals surface area contributed by atoms with Crippen molar-refractivity contribution < 1.29 is 63.0 Å². The third kappa shape index (κ3) is 13.9. The average Bonchev–Trinajstić information content (AvgIpc) is 3.25. The van der Waals surface area contributed by atoms with E-state index in [1.54, 1.807) is 72.8 Å². The van der Waals surface area contributed by atoms with Crippen LogP contribution < -0.4 is 9.44 Å². The molecule has 0 spiro atoms. The van der Waals surface area contributed by atoms with Crippen LogP contribution in [0.25, 0.3) is 0 Å². The maximum atomic E-state index is 13.1. The molecule has 6 aromatic carbocycles. The van der Waals surface area contributed by atoms with E-state index in [1.165, 1.54) is 24.3 Å². The summed E-state index contributed by atoms with van der Waals surface area (Å²) >= 11 is 0. The predicted octanol–water partition coefficient (Wildman–Crippen LogP) is 10.9. The second kappa shape index (κ2) is 20.9. The fourth-order valence-electron chi connectivity index (χ4n) is 6.47. The first-order valence-corrected chi connectivity index (χ1v) is 22.8. The summed E-state index contributed by atoms with van der Waals surface area (Å²) in [7, 11) is -8.50. The van der Waals surface area contributed by atoms with Crippen molar-refractivity contribution in [3.63, 3.8) is 0 Å². The van der Waals surface area contributed by atoms with E-state index >= 15 is 0 Å². The third-order valence-electron chi connectivity index (χ3n) is 9.93. The number of rotatable bonds is 16. The molecule has 0 atom stereocenters. The van der Waals surface area contributed by atoms with Gasteiger partial charge in [-0.1, -0.05) is 86.1 Å². The third-order valence-corrected chi connectivity index (χ3v) is 12.7. The van der Waals surface area contributed by atoms with Crippen LogP contribution in [-0.4, -0.2) is 39.0 Å². The van der Waals surface area contributed by atoms with Gasteiger partial charge in [-0.15, -0.1) is 0 Å². The summed E-state index contributed by atoms with van der Waals surface area (Å²) in [4.78, 5) is 21.0. The number of aryl methyl sites for hydroxylation is 5. The van der Waals surface area contributed by atoms with Crippen LogP contribution in [0.15, 0.2) is 149 Å². The molecule has 6 rings (SSSR count). The summed E-state index contributed by atoms with van der Waals surface area (Å²) < 4.78 is 135. The number of halogens is 6. The van der Waals surface area contributed by atoms with Crippen molar-refractivity contribution in [1.29, 1.82) is 0 Å². The molecule has 0 aromatic heterocycles. The lowest BCUT2D eigenvalue weighted by molar-refractivity contribution is -0.143. The highest BCUT2D eigenvalue weighted by atomic mass is 32.2. The van der Waals surface area contributed by atoms with Crippen LogP contribution in [0.3, 0.4) is 0 Å². The Labute approximate surface area is 371 Å². The molecule has 65 heavy (non-hydrogen) atoms. The van der Waals surface area contributed by atoms with Crippen LogP contribution in [0.1, 0.15) is 73.0 Å². The van der Waals surface area contributed by atoms with E-state index in [0.29, 0.717) is 30.5 Å². The zero-order chi connectivity index (χ0) is 47.6. The lowest BCUT2D eigenvalue weighted by Crippen LogP contribution is -2.18. The van der Waals surface area contributed by atoms with Gasteiger partial charge in [0.1, 0.15) is 0 Å². The Morgan fingerprint density at radius 1 is 0.477 bits per heavy atom. The molecule has 0 aliphatic carbocycles. The van der Waals surface area contributed by atoms with Gasteiger partial charge in [0.25, 0.3) is 20.0 Å². The molecular weight excluding hydrogens is 899 g/mol. The second-order valence-corrected chi connectivity index (χ2v) is 18.0. The smallest absolute Gasteiger partial charge is 0.416 e. The van der Waals surface area contributed by atoms with Crippen LogP contribution in [-0.2, 0) is 64.5 Å². The van der Waals surface area contributed by atoms with Crippen LogP contribution in [0.2, 0.25) is 0 Å². The minimum atomic E-state index is -5.19. The van der Waals surface area contributed by atoms with Gasteiger partial charge in [0, 0.05) is 0 Å². The summed E-state index contributed by atoms with van der Waals surface area (Å²) in [5.41, 5.74) is 1.54. The molecule has 0 saturated heterocycles. The summed E-state index contributed by atoms with van der Waals surface area (Å²) in [6.45, 7) is 2.09. The van der Waals surface area contributed by atoms with Crippen molar-refractivity contribution in [2.24, 2.45) is 0 Å². The van der Waals surface area contributed by atoms with Crippen molar-refractivity contribution in [2.45, 2.75) is 67.6 Å². The normalized spacial score (nSPS) is 11.9. The molecule has 342 valence electrons. The van der Waals surface area contributed by atoms with Crippen molar-refractivity contribution in [3.8, 4) is 0 Å². The number of para-hydroxylation sites is 2. The molecule has 0 fully saturated rings. The molecule has 0 aliphatic rings. The topological polar surface area (TPSA) is 167 Å². The zero-order valence-corrected chi connectivity index (χ0v) is 36.1. The van der Waals surface area contributed by atoms with E-state index in [1.807, 2.05) is 24.3 Å². The van der Waals surface area contributed by atoms with Gasteiger partial charge < -0.3 is 10.2 Å². The Kier molecular flexibility index (Phi) is 15.9. The number of carbonyl (C=O) groups is 2. The molecule has 0 bridgehead atoms. The second-order valence-electron chi connectivity index (χ2n) is 14.7. The number of hydrogen-bond donors (Lipinski definition) is 4.